The molecule has 4 rings (SSSR count). The van der Waals surface area contributed by atoms with Crippen LogP contribution >= 0.6 is 0 Å². The topological polar surface area (TPSA) is 80.1 Å². The molecule has 0 bridgehead atoms. The van der Waals surface area contributed by atoms with E-state index < -0.39 is 0 Å². The van der Waals surface area contributed by atoms with Crippen LogP contribution in [0.5, 0.6) is 0 Å². The highest BCUT2D eigenvalue weighted by Crippen LogP contribution is 2.32. The van der Waals surface area contributed by atoms with Crippen LogP contribution in [0, 0.1) is 11.8 Å². The molecule has 7 heteroatoms. The molecule has 0 aliphatic carbocycles. The fourth-order valence-corrected chi connectivity index (χ4v) is 3.66. The largest absolute Gasteiger partial charge is 0.342 e. The van der Waals surface area contributed by atoms with Gasteiger partial charge in [0.1, 0.15) is 5.82 Å². The first-order chi connectivity index (χ1) is 11.6. The van der Waals surface area contributed by atoms with Gasteiger partial charge in [-0.15, -0.1) is 10.2 Å². The number of carbonyl (C=O) groups is 2. The lowest BCUT2D eigenvalue weighted by Crippen LogP contribution is -2.31. The molecule has 24 heavy (non-hydrogen) atoms. The van der Waals surface area contributed by atoms with E-state index in [1.807, 2.05) is 39.8 Å². The van der Waals surface area contributed by atoms with Gasteiger partial charge in [0.25, 0.3) is 5.91 Å². The smallest absolute Gasteiger partial charge is 0.293 e. The van der Waals surface area contributed by atoms with Crippen molar-refractivity contribution in [2.75, 3.05) is 18.4 Å². The number of hydrogen-bond acceptors (Lipinski definition) is 4. The molecule has 3 heterocycles. The monoisotopic (exact) mass is 325 g/mol. The van der Waals surface area contributed by atoms with E-state index in [1.165, 1.54) is 0 Å². The SMILES string of the molecule is CC(=O)N1C[C@H]2Cc3nnc(C(=O)Nc4ccccc4)n3C[C@@H]2C1. The number of para-hydroxylation sites is 1. The number of hydrogen-bond donors (Lipinski definition) is 1. The van der Waals surface area contributed by atoms with Crippen LogP contribution in [0.25, 0.3) is 0 Å². The van der Waals surface area contributed by atoms with E-state index in [0.29, 0.717) is 24.2 Å². The molecule has 1 aromatic carbocycles. The summed E-state index contributed by atoms with van der Waals surface area (Å²) in [6, 6.07) is 9.31. The molecule has 1 fully saturated rings. The van der Waals surface area contributed by atoms with Crippen molar-refractivity contribution in [3.63, 3.8) is 0 Å². The van der Waals surface area contributed by atoms with Gasteiger partial charge in [-0.05, 0) is 24.0 Å². The van der Waals surface area contributed by atoms with Crippen molar-refractivity contribution in [1.29, 1.82) is 0 Å². The van der Waals surface area contributed by atoms with Crippen molar-refractivity contribution in [3.8, 4) is 0 Å². The average Bonchev–Trinajstić information content (AvgIpc) is 3.16. The minimum absolute atomic E-state index is 0.113. The molecule has 0 spiro atoms. The van der Waals surface area contributed by atoms with Crippen molar-refractivity contribution in [3.05, 3.63) is 42.0 Å². The molecule has 2 aliphatic heterocycles. The molecule has 1 N–H and O–H groups in total. The Morgan fingerprint density at radius 3 is 2.58 bits per heavy atom. The number of nitrogens with one attached hydrogen (secondary N) is 1. The molecule has 1 saturated heterocycles. The van der Waals surface area contributed by atoms with E-state index in [0.717, 1.165) is 31.0 Å². The van der Waals surface area contributed by atoms with Crippen molar-refractivity contribution in [1.82, 2.24) is 19.7 Å². The molecule has 0 saturated carbocycles. The first kappa shape index (κ1) is 14.9. The fraction of sp³-hybridized carbons (Fsp3) is 0.412. The summed E-state index contributed by atoms with van der Waals surface area (Å²) >= 11 is 0. The second-order valence-electron chi connectivity index (χ2n) is 6.52. The molecule has 2 aromatic rings. The summed E-state index contributed by atoms with van der Waals surface area (Å²) in [7, 11) is 0. The van der Waals surface area contributed by atoms with Gasteiger partial charge in [0, 0.05) is 38.7 Å². The first-order valence-electron chi connectivity index (χ1n) is 8.16. The Morgan fingerprint density at radius 2 is 1.83 bits per heavy atom. The predicted molar refractivity (Wildman–Crippen MR) is 87.4 cm³/mol. The van der Waals surface area contributed by atoms with Crippen LogP contribution in [0.1, 0.15) is 23.4 Å². The van der Waals surface area contributed by atoms with Gasteiger partial charge in [0.05, 0.1) is 0 Å². The predicted octanol–water partition coefficient (Wildman–Crippen LogP) is 1.18. The second-order valence-corrected chi connectivity index (χ2v) is 6.52. The summed E-state index contributed by atoms with van der Waals surface area (Å²) in [5.74, 6) is 1.81. The maximum Gasteiger partial charge on any atom is 0.293 e. The molecular formula is C17H19N5O2. The summed E-state index contributed by atoms with van der Waals surface area (Å²) in [6.07, 6.45) is 0.764. The number of benzene rings is 1. The summed E-state index contributed by atoms with van der Waals surface area (Å²) in [4.78, 5) is 26.0. The van der Waals surface area contributed by atoms with E-state index >= 15 is 0 Å². The number of fused-ring (bicyclic) bond motifs is 2. The number of rotatable bonds is 2. The third kappa shape index (κ3) is 2.55. The third-order valence-electron chi connectivity index (χ3n) is 4.95. The summed E-state index contributed by atoms with van der Waals surface area (Å²) in [6.45, 7) is 3.82. The Labute approximate surface area is 139 Å². The lowest BCUT2D eigenvalue weighted by Gasteiger charge is -2.25. The van der Waals surface area contributed by atoms with Crippen molar-refractivity contribution < 1.29 is 9.59 Å². The third-order valence-corrected chi connectivity index (χ3v) is 4.95. The highest BCUT2D eigenvalue weighted by molar-refractivity contribution is 6.01. The van der Waals surface area contributed by atoms with Crippen LogP contribution in [0.4, 0.5) is 5.69 Å². The van der Waals surface area contributed by atoms with E-state index in [2.05, 4.69) is 15.5 Å². The summed E-state index contributed by atoms with van der Waals surface area (Å²) in [5, 5.41) is 11.1. The van der Waals surface area contributed by atoms with Crippen LogP contribution in [0.15, 0.2) is 30.3 Å². The zero-order valence-corrected chi connectivity index (χ0v) is 13.5. The Hall–Kier alpha value is -2.70. The fourth-order valence-electron chi connectivity index (χ4n) is 3.66. The Kier molecular flexibility index (Phi) is 3.55. The van der Waals surface area contributed by atoms with Gasteiger partial charge < -0.3 is 14.8 Å². The lowest BCUT2D eigenvalue weighted by molar-refractivity contribution is -0.128. The summed E-state index contributed by atoms with van der Waals surface area (Å²) in [5.41, 5.74) is 0.733. The van der Waals surface area contributed by atoms with Crippen LogP contribution < -0.4 is 5.32 Å². The quantitative estimate of drug-likeness (QED) is 0.899. The average molecular weight is 325 g/mol. The number of amides is 2. The standard InChI is InChI=1S/C17H19N5O2/c1-11(23)21-8-12-7-15-19-20-16(22(15)10-13(12)9-21)17(24)18-14-5-3-2-4-6-14/h2-6,12-13H,7-10H2,1H3,(H,18,24)/t12-,13+/m1/s1. The van der Waals surface area contributed by atoms with Crippen LogP contribution in [-0.2, 0) is 17.8 Å². The number of carbonyl (C=O) groups excluding carboxylic acids is 2. The number of likely N-dealkylation sites (tertiary alicyclic amines) is 1. The number of aromatic nitrogens is 3. The van der Waals surface area contributed by atoms with Crippen LogP contribution in [0.2, 0.25) is 0 Å². The van der Waals surface area contributed by atoms with Crippen molar-refractivity contribution >= 4 is 17.5 Å². The van der Waals surface area contributed by atoms with Gasteiger partial charge in [0.2, 0.25) is 11.7 Å². The van der Waals surface area contributed by atoms with E-state index in [1.54, 1.807) is 6.92 Å². The molecule has 124 valence electrons. The van der Waals surface area contributed by atoms with Crippen molar-refractivity contribution in [2.24, 2.45) is 11.8 Å². The minimum Gasteiger partial charge on any atom is -0.342 e. The zero-order valence-electron chi connectivity index (χ0n) is 13.5. The van der Waals surface area contributed by atoms with Gasteiger partial charge >= 0.3 is 0 Å². The van der Waals surface area contributed by atoms with Gasteiger partial charge in [-0.2, -0.15) is 0 Å². The maximum absolute atomic E-state index is 12.5. The molecule has 2 aliphatic rings. The molecule has 1 aromatic heterocycles. The van der Waals surface area contributed by atoms with Gasteiger partial charge in [-0.25, -0.2) is 0 Å². The van der Waals surface area contributed by atoms with Crippen LogP contribution in [0.3, 0.4) is 0 Å². The highest BCUT2D eigenvalue weighted by atomic mass is 16.2. The molecule has 2 amide bonds. The van der Waals surface area contributed by atoms with Crippen LogP contribution in [-0.4, -0.2) is 44.6 Å². The second kappa shape index (κ2) is 5.74. The van der Waals surface area contributed by atoms with Gasteiger partial charge in [-0.3, -0.25) is 9.59 Å². The molecule has 2 atom stereocenters. The van der Waals surface area contributed by atoms with E-state index in [-0.39, 0.29) is 11.8 Å². The molecule has 0 unspecified atom stereocenters. The molecule has 0 radical (unpaired) electrons. The first-order valence-corrected chi connectivity index (χ1v) is 8.16. The Morgan fingerprint density at radius 1 is 1.08 bits per heavy atom. The maximum atomic E-state index is 12.5. The van der Waals surface area contributed by atoms with Gasteiger partial charge in [0.15, 0.2) is 0 Å². The minimum atomic E-state index is -0.250. The van der Waals surface area contributed by atoms with E-state index in [9.17, 15) is 9.59 Å². The summed E-state index contributed by atoms with van der Waals surface area (Å²) < 4.78 is 1.91. The highest BCUT2D eigenvalue weighted by Gasteiger charge is 2.39. The van der Waals surface area contributed by atoms with Gasteiger partial charge in [-0.1, -0.05) is 18.2 Å². The normalized spacial score (nSPS) is 22.0. The number of nitrogens with zero attached hydrogens (tertiary/aromatic N) is 4. The molecule has 7 nitrogen and oxygen atoms in total. The Balaban J connectivity index is 1.53. The van der Waals surface area contributed by atoms with E-state index in [4.69, 9.17) is 0 Å². The number of anilines is 1. The van der Waals surface area contributed by atoms with Crippen molar-refractivity contribution in [2.45, 2.75) is 19.9 Å². The molecular weight excluding hydrogens is 306 g/mol. The Bertz CT molecular complexity index is 786. The lowest BCUT2D eigenvalue weighted by atomic mass is 9.89. The zero-order chi connectivity index (χ0) is 16.7.